The van der Waals surface area contributed by atoms with Crippen molar-refractivity contribution in [1.29, 1.82) is 0 Å². The molecule has 1 aliphatic heterocycles. The lowest BCUT2D eigenvalue weighted by Crippen LogP contribution is -2.33. The summed E-state index contributed by atoms with van der Waals surface area (Å²) in [5.74, 6) is 0. The Labute approximate surface area is 135 Å². The Bertz CT molecular complexity index is 861. The van der Waals surface area contributed by atoms with E-state index in [0.717, 1.165) is 29.1 Å². The summed E-state index contributed by atoms with van der Waals surface area (Å²) in [5, 5.41) is 3.59. The van der Waals surface area contributed by atoms with Gasteiger partial charge in [-0.3, -0.25) is 0 Å². The molecule has 4 nitrogen and oxygen atoms in total. The van der Waals surface area contributed by atoms with Crippen molar-refractivity contribution in [1.82, 2.24) is 0 Å². The minimum Gasteiger partial charge on any atom is -0.397 e. The second-order valence-corrected chi connectivity index (χ2v) is 5.80. The Morgan fingerprint density at radius 1 is 1.04 bits per heavy atom. The number of hydrogen-bond acceptors (Lipinski definition) is 4. The number of benzene rings is 2. The summed E-state index contributed by atoms with van der Waals surface area (Å²) >= 11 is 0. The van der Waals surface area contributed by atoms with Gasteiger partial charge in [-0.15, -0.1) is 0 Å². The van der Waals surface area contributed by atoms with Crippen LogP contribution in [0.1, 0.15) is 12.0 Å². The summed E-state index contributed by atoms with van der Waals surface area (Å²) in [7, 11) is 0. The number of allylic oxidation sites excluding steroid dienone is 2. The molecule has 0 radical (unpaired) electrons. The van der Waals surface area contributed by atoms with Crippen LogP contribution in [0.25, 0.3) is 0 Å². The molecule has 4 heteroatoms. The molecule has 0 saturated heterocycles. The summed E-state index contributed by atoms with van der Waals surface area (Å²) in [6.45, 7) is 0. The van der Waals surface area contributed by atoms with E-state index < -0.39 is 0 Å². The number of aliphatic imine (C=N–C) groups is 1. The second-order valence-electron chi connectivity index (χ2n) is 5.80. The fraction of sp³-hybridized carbons (Fsp3) is 0.105. The van der Waals surface area contributed by atoms with Crippen molar-refractivity contribution in [3.05, 3.63) is 71.8 Å². The molecule has 1 heterocycles. The maximum absolute atomic E-state index is 5.92. The molecule has 0 spiro atoms. The van der Waals surface area contributed by atoms with E-state index in [9.17, 15) is 0 Å². The number of fused-ring (bicyclic) bond motifs is 2. The number of nitrogens with zero attached hydrogens (tertiary/aromatic N) is 1. The summed E-state index contributed by atoms with van der Waals surface area (Å²) in [4.78, 5) is 4.88. The van der Waals surface area contributed by atoms with Gasteiger partial charge in [0.05, 0.1) is 28.8 Å². The molecule has 1 unspecified atom stereocenters. The molecule has 0 aromatic heterocycles. The van der Waals surface area contributed by atoms with Gasteiger partial charge in [-0.25, -0.2) is 4.99 Å². The third-order valence-corrected chi connectivity index (χ3v) is 4.26. The average molecular weight is 302 g/mol. The molecule has 2 aromatic carbocycles. The molecule has 5 N–H and O–H groups in total. The number of nitrogens with two attached hydrogens (primary N) is 2. The average Bonchev–Trinajstić information content (AvgIpc) is 2.58. The van der Waals surface area contributed by atoms with Gasteiger partial charge in [0.2, 0.25) is 0 Å². The van der Waals surface area contributed by atoms with Crippen LogP contribution >= 0.6 is 0 Å². The fourth-order valence-corrected chi connectivity index (χ4v) is 3.05. The van der Waals surface area contributed by atoms with E-state index in [1.54, 1.807) is 6.07 Å². The van der Waals surface area contributed by atoms with E-state index in [-0.39, 0.29) is 6.04 Å². The molecule has 1 atom stereocenters. The molecular formula is C19H18N4. The van der Waals surface area contributed by atoms with Crippen LogP contribution in [0.15, 0.2) is 71.3 Å². The number of para-hydroxylation sites is 1. The van der Waals surface area contributed by atoms with Crippen molar-refractivity contribution in [3.63, 3.8) is 0 Å². The third-order valence-electron chi connectivity index (χ3n) is 4.26. The largest absolute Gasteiger partial charge is 0.397 e. The van der Waals surface area contributed by atoms with Crippen LogP contribution in [0.2, 0.25) is 0 Å². The van der Waals surface area contributed by atoms with Crippen LogP contribution in [0.3, 0.4) is 0 Å². The number of hydrogen-bond donors (Lipinski definition) is 3. The van der Waals surface area contributed by atoms with Crippen LogP contribution in [0.4, 0.5) is 22.7 Å². The highest BCUT2D eigenvalue weighted by molar-refractivity contribution is 6.19. The minimum atomic E-state index is 0.264. The number of nitrogen functional groups attached to an aromatic ring is 2. The quantitative estimate of drug-likeness (QED) is 0.704. The van der Waals surface area contributed by atoms with Crippen molar-refractivity contribution >= 4 is 28.5 Å². The van der Waals surface area contributed by atoms with E-state index in [0.29, 0.717) is 11.4 Å². The zero-order valence-electron chi connectivity index (χ0n) is 12.7. The second kappa shape index (κ2) is 5.32. The molecule has 0 amide bonds. The minimum absolute atomic E-state index is 0.264. The first kappa shape index (κ1) is 13.6. The molecule has 23 heavy (non-hydrogen) atoms. The molecule has 1 aliphatic carbocycles. The third kappa shape index (κ3) is 2.38. The molecule has 2 aromatic rings. The predicted octanol–water partition coefficient (Wildman–Crippen LogP) is 3.65. The molecule has 0 bridgehead atoms. The van der Waals surface area contributed by atoms with Crippen LogP contribution < -0.4 is 16.8 Å². The van der Waals surface area contributed by atoms with E-state index >= 15 is 0 Å². The van der Waals surface area contributed by atoms with E-state index in [1.807, 2.05) is 24.3 Å². The predicted molar refractivity (Wildman–Crippen MR) is 97.2 cm³/mol. The first-order chi connectivity index (χ1) is 11.2. The van der Waals surface area contributed by atoms with Gasteiger partial charge < -0.3 is 16.8 Å². The normalized spacial score (nSPS) is 20.4. The molecule has 0 saturated carbocycles. The highest BCUT2D eigenvalue weighted by atomic mass is 15.0. The fourth-order valence-electron chi connectivity index (χ4n) is 3.05. The van der Waals surface area contributed by atoms with Gasteiger partial charge in [0, 0.05) is 16.8 Å². The maximum atomic E-state index is 5.92. The first-order valence-corrected chi connectivity index (χ1v) is 7.69. The lowest BCUT2D eigenvalue weighted by Gasteiger charge is -2.31. The number of anilines is 3. The maximum Gasteiger partial charge on any atom is 0.0782 e. The van der Waals surface area contributed by atoms with Crippen LogP contribution in [0.5, 0.6) is 0 Å². The van der Waals surface area contributed by atoms with E-state index in [4.69, 9.17) is 16.5 Å². The van der Waals surface area contributed by atoms with E-state index in [2.05, 4.69) is 35.7 Å². The zero-order valence-corrected chi connectivity index (χ0v) is 12.7. The smallest absolute Gasteiger partial charge is 0.0782 e. The van der Waals surface area contributed by atoms with Crippen LogP contribution in [-0.2, 0) is 0 Å². The molecule has 0 fully saturated rings. The SMILES string of the molecule is Nc1ccc(N=C2C3=CC=CCC3Nc3ccccc32)cc1N. The summed E-state index contributed by atoms with van der Waals surface area (Å²) < 4.78 is 0. The Hall–Kier alpha value is -3.01. The van der Waals surface area contributed by atoms with Crippen molar-refractivity contribution in [2.24, 2.45) is 4.99 Å². The molecule has 2 aliphatic rings. The van der Waals surface area contributed by atoms with Gasteiger partial charge in [0.15, 0.2) is 0 Å². The lowest BCUT2D eigenvalue weighted by atomic mass is 9.86. The summed E-state index contributed by atoms with van der Waals surface area (Å²) in [6, 6.07) is 14.0. The van der Waals surface area contributed by atoms with E-state index in [1.165, 1.54) is 5.57 Å². The Balaban J connectivity index is 1.89. The first-order valence-electron chi connectivity index (χ1n) is 7.69. The van der Waals surface area contributed by atoms with Crippen molar-refractivity contribution in [3.8, 4) is 0 Å². The zero-order chi connectivity index (χ0) is 15.8. The van der Waals surface area contributed by atoms with Crippen molar-refractivity contribution < 1.29 is 0 Å². The highest BCUT2D eigenvalue weighted by Crippen LogP contribution is 2.34. The van der Waals surface area contributed by atoms with Gasteiger partial charge in [-0.1, -0.05) is 36.4 Å². The van der Waals surface area contributed by atoms with Crippen molar-refractivity contribution in [2.75, 3.05) is 16.8 Å². The number of rotatable bonds is 1. The Morgan fingerprint density at radius 3 is 2.78 bits per heavy atom. The van der Waals surface area contributed by atoms with Crippen molar-refractivity contribution in [2.45, 2.75) is 12.5 Å². The van der Waals surface area contributed by atoms with Gasteiger partial charge >= 0.3 is 0 Å². The molecule has 4 rings (SSSR count). The summed E-state index contributed by atoms with van der Waals surface area (Å²) in [6.07, 6.45) is 7.36. The van der Waals surface area contributed by atoms with Gasteiger partial charge in [-0.05, 0) is 30.7 Å². The Kier molecular flexibility index (Phi) is 3.15. The highest BCUT2D eigenvalue weighted by Gasteiger charge is 2.28. The number of nitrogens with one attached hydrogen (secondary N) is 1. The summed E-state index contributed by atoms with van der Waals surface area (Å²) in [5.41, 5.74) is 18.1. The van der Waals surface area contributed by atoms with Gasteiger partial charge in [-0.2, -0.15) is 0 Å². The molecule has 114 valence electrons. The van der Waals surface area contributed by atoms with Gasteiger partial charge in [0.1, 0.15) is 0 Å². The lowest BCUT2D eigenvalue weighted by molar-refractivity contribution is 0.848. The monoisotopic (exact) mass is 302 g/mol. The van der Waals surface area contributed by atoms with Gasteiger partial charge in [0.25, 0.3) is 0 Å². The van der Waals surface area contributed by atoms with Crippen LogP contribution in [-0.4, -0.2) is 11.8 Å². The topological polar surface area (TPSA) is 76.4 Å². The standard InChI is InChI=1S/C19H18N4/c20-15-10-9-12(11-16(15)21)22-19-13-5-1-3-7-17(13)23-18-8-4-2-6-14(18)19/h1-7,9-11,18,23H,8,20-21H2. The molecular weight excluding hydrogens is 284 g/mol. The Morgan fingerprint density at radius 2 is 1.91 bits per heavy atom. The van der Waals surface area contributed by atoms with Crippen LogP contribution in [0, 0.1) is 0 Å².